The first-order chi connectivity index (χ1) is 11.1. The van der Waals surface area contributed by atoms with Gasteiger partial charge in [-0.2, -0.15) is 0 Å². The number of phenolic OH excluding ortho intramolecular Hbond substituents is 1. The number of hydrogen-bond donors (Lipinski definition) is 3. The van der Waals surface area contributed by atoms with E-state index < -0.39 is 6.16 Å². The second kappa shape index (κ2) is 6.29. The van der Waals surface area contributed by atoms with E-state index in [1.807, 2.05) is 0 Å². The zero-order valence-electron chi connectivity index (χ0n) is 12.7. The van der Waals surface area contributed by atoms with Gasteiger partial charge >= 0.3 is 6.16 Å². The summed E-state index contributed by atoms with van der Waals surface area (Å²) in [4.78, 5) is 26.5. The number of hydrogen-bond acceptors (Lipinski definition) is 6. The molecule has 1 aromatic carbocycles. The summed E-state index contributed by atoms with van der Waals surface area (Å²) >= 11 is 0. The predicted octanol–water partition coefficient (Wildman–Crippen LogP) is 2.34. The highest BCUT2D eigenvalue weighted by Crippen LogP contribution is 2.31. The number of ketones is 1. The number of ether oxygens (including phenoxy) is 2. The summed E-state index contributed by atoms with van der Waals surface area (Å²) in [7, 11) is 0. The largest absolute Gasteiger partial charge is 0.515 e. The number of H-pyrrole nitrogens is 1. The van der Waals surface area contributed by atoms with E-state index in [4.69, 9.17) is 9.47 Å². The predicted molar refractivity (Wildman–Crippen MR) is 83.0 cm³/mol. The van der Waals surface area contributed by atoms with Gasteiger partial charge in [-0.3, -0.25) is 4.79 Å². The molecule has 0 bridgehead atoms. The van der Waals surface area contributed by atoms with Gasteiger partial charge in [0.25, 0.3) is 0 Å². The number of rotatable bonds is 6. The minimum atomic E-state index is -0.846. The fourth-order valence-corrected chi connectivity index (χ4v) is 2.33. The Bertz CT molecular complexity index is 748. The maximum atomic E-state index is 12.3. The van der Waals surface area contributed by atoms with E-state index in [9.17, 15) is 14.7 Å². The third-order valence-corrected chi connectivity index (χ3v) is 3.63. The molecule has 2 aromatic rings. The van der Waals surface area contributed by atoms with Gasteiger partial charge in [-0.1, -0.05) is 0 Å². The molecule has 0 aliphatic heterocycles. The normalized spacial score (nSPS) is 14.0. The van der Waals surface area contributed by atoms with Gasteiger partial charge in [-0.05, 0) is 31.9 Å². The highest BCUT2D eigenvalue weighted by Gasteiger charge is 2.23. The monoisotopic (exact) mass is 318 g/mol. The highest BCUT2D eigenvalue weighted by atomic mass is 16.7. The van der Waals surface area contributed by atoms with Crippen LogP contribution >= 0.6 is 0 Å². The summed E-state index contributed by atoms with van der Waals surface area (Å²) in [5.74, 6) is 0.0122. The molecular weight excluding hydrogens is 300 g/mol. The molecule has 7 nitrogen and oxygen atoms in total. The van der Waals surface area contributed by atoms with Crippen molar-refractivity contribution in [1.82, 2.24) is 10.3 Å². The number of carbonyl (C=O) groups is 2. The van der Waals surface area contributed by atoms with E-state index >= 15 is 0 Å². The van der Waals surface area contributed by atoms with E-state index in [0.717, 1.165) is 12.8 Å². The summed E-state index contributed by atoms with van der Waals surface area (Å²) < 4.78 is 9.68. The molecule has 0 atom stereocenters. The Morgan fingerprint density at radius 1 is 1.39 bits per heavy atom. The highest BCUT2D eigenvalue weighted by molar-refractivity contribution is 6.10. The SMILES string of the molecule is CCOC(=O)Oc1cc2c(C(=O)CNC3CC3)ccc(O)c2[nH]1. The standard InChI is InChI=1S/C16H18N2O5/c1-2-22-16(21)23-14-7-11-10(5-6-12(19)15(11)18-14)13(20)8-17-9-3-4-9/h5-7,9,17-19H,2-4,8H2,1H3. The van der Waals surface area contributed by atoms with Gasteiger partial charge in [-0.25, -0.2) is 4.79 Å². The van der Waals surface area contributed by atoms with E-state index in [2.05, 4.69) is 10.3 Å². The van der Waals surface area contributed by atoms with Gasteiger partial charge in [0.2, 0.25) is 5.88 Å². The van der Waals surface area contributed by atoms with Crippen LogP contribution in [0.5, 0.6) is 11.6 Å². The molecule has 7 heteroatoms. The quantitative estimate of drug-likeness (QED) is 0.558. The van der Waals surface area contributed by atoms with Crippen LogP contribution < -0.4 is 10.1 Å². The lowest BCUT2D eigenvalue weighted by Gasteiger charge is -2.04. The molecule has 1 fully saturated rings. The summed E-state index contributed by atoms with van der Waals surface area (Å²) in [5.41, 5.74) is 0.808. The van der Waals surface area contributed by atoms with Crippen LogP contribution in [0.4, 0.5) is 4.79 Å². The third kappa shape index (κ3) is 3.45. The number of phenols is 1. The van der Waals surface area contributed by atoms with Crippen molar-refractivity contribution in [2.45, 2.75) is 25.8 Å². The molecular formula is C16H18N2O5. The van der Waals surface area contributed by atoms with Gasteiger partial charge in [0.05, 0.1) is 18.7 Å². The van der Waals surface area contributed by atoms with E-state index in [-0.39, 0.29) is 30.6 Å². The van der Waals surface area contributed by atoms with Crippen molar-refractivity contribution in [3.8, 4) is 11.6 Å². The fraction of sp³-hybridized carbons (Fsp3) is 0.375. The average Bonchev–Trinajstić information content (AvgIpc) is 3.24. The number of benzene rings is 1. The van der Waals surface area contributed by atoms with Crippen molar-refractivity contribution in [3.05, 3.63) is 23.8 Å². The minimum absolute atomic E-state index is 0.0228. The lowest BCUT2D eigenvalue weighted by molar-refractivity contribution is 0.0990. The van der Waals surface area contributed by atoms with Crippen molar-refractivity contribution in [1.29, 1.82) is 0 Å². The summed E-state index contributed by atoms with van der Waals surface area (Å²) in [6.45, 7) is 2.10. The molecule has 0 spiro atoms. The molecule has 1 aromatic heterocycles. The second-order valence-corrected chi connectivity index (χ2v) is 5.42. The van der Waals surface area contributed by atoms with Gasteiger partial charge in [0.15, 0.2) is 5.78 Å². The molecule has 0 saturated heterocycles. The van der Waals surface area contributed by atoms with Crippen LogP contribution in [-0.4, -0.2) is 41.2 Å². The molecule has 1 aliphatic carbocycles. The topological polar surface area (TPSA) is 101 Å². The third-order valence-electron chi connectivity index (χ3n) is 3.63. The molecule has 0 unspecified atom stereocenters. The molecule has 122 valence electrons. The van der Waals surface area contributed by atoms with Crippen LogP contribution in [0.15, 0.2) is 18.2 Å². The van der Waals surface area contributed by atoms with Crippen LogP contribution in [0.3, 0.4) is 0 Å². The van der Waals surface area contributed by atoms with Gasteiger partial charge in [0, 0.05) is 23.1 Å². The number of Topliss-reactive ketones (excluding diaryl/α,β-unsaturated/α-hetero) is 1. The molecule has 3 N–H and O–H groups in total. The smallest absolute Gasteiger partial charge is 0.506 e. The Morgan fingerprint density at radius 3 is 2.87 bits per heavy atom. The zero-order chi connectivity index (χ0) is 16.4. The molecule has 23 heavy (non-hydrogen) atoms. The van der Waals surface area contributed by atoms with Gasteiger partial charge in [0.1, 0.15) is 5.75 Å². The van der Waals surface area contributed by atoms with Crippen molar-refractivity contribution in [2.24, 2.45) is 0 Å². The van der Waals surface area contributed by atoms with Crippen LogP contribution in [0, 0.1) is 0 Å². The number of aromatic amines is 1. The second-order valence-electron chi connectivity index (χ2n) is 5.42. The van der Waals surface area contributed by atoms with E-state index in [0.29, 0.717) is 22.5 Å². The van der Waals surface area contributed by atoms with Crippen LogP contribution in [0.25, 0.3) is 10.9 Å². The molecule has 1 heterocycles. The van der Waals surface area contributed by atoms with Gasteiger partial charge in [-0.15, -0.1) is 0 Å². The number of carbonyl (C=O) groups excluding carboxylic acids is 2. The zero-order valence-corrected chi connectivity index (χ0v) is 12.7. The Morgan fingerprint density at radius 2 is 2.17 bits per heavy atom. The van der Waals surface area contributed by atoms with Crippen LogP contribution in [-0.2, 0) is 4.74 Å². The maximum Gasteiger partial charge on any atom is 0.515 e. The minimum Gasteiger partial charge on any atom is -0.506 e. The Balaban J connectivity index is 1.86. The summed E-state index contributed by atoms with van der Waals surface area (Å²) in [6.07, 6.45) is 1.35. The van der Waals surface area contributed by atoms with Crippen molar-refractivity contribution >= 4 is 22.8 Å². The number of fused-ring (bicyclic) bond motifs is 1. The summed E-state index contributed by atoms with van der Waals surface area (Å²) in [5, 5.41) is 13.6. The van der Waals surface area contributed by atoms with Crippen LogP contribution in [0.2, 0.25) is 0 Å². The van der Waals surface area contributed by atoms with Crippen LogP contribution in [0.1, 0.15) is 30.1 Å². The van der Waals surface area contributed by atoms with Gasteiger partial charge < -0.3 is 24.9 Å². The van der Waals surface area contributed by atoms with E-state index in [1.54, 1.807) is 13.0 Å². The van der Waals surface area contributed by atoms with E-state index in [1.165, 1.54) is 12.1 Å². The first kappa shape index (κ1) is 15.4. The maximum absolute atomic E-state index is 12.3. The fourth-order valence-electron chi connectivity index (χ4n) is 2.33. The van der Waals surface area contributed by atoms with Crippen molar-refractivity contribution in [3.63, 3.8) is 0 Å². The Kier molecular flexibility index (Phi) is 4.20. The molecule has 3 rings (SSSR count). The number of aromatic nitrogens is 1. The molecule has 0 radical (unpaired) electrons. The summed E-state index contributed by atoms with van der Waals surface area (Å²) in [6, 6.07) is 4.95. The van der Waals surface area contributed by atoms with Crippen molar-refractivity contribution < 1.29 is 24.2 Å². The average molecular weight is 318 g/mol. The first-order valence-electron chi connectivity index (χ1n) is 7.54. The molecule has 1 aliphatic rings. The number of aromatic hydroxyl groups is 1. The Hall–Kier alpha value is -2.54. The lowest BCUT2D eigenvalue weighted by Crippen LogP contribution is -2.24. The molecule has 1 saturated carbocycles. The first-order valence-corrected chi connectivity index (χ1v) is 7.54. The lowest BCUT2D eigenvalue weighted by atomic mass is 10.1. The molecule has 0 amide bonds. The number of nitrogens with one attached hydrogen (secondary N) is 2. The van der Waals surface area contributed by atoms with Crippen molar-refractivity contribution in [2.75, 3.05) is 13.2 Å². The Labute approximate surface area is 132 Å².